The van der Waals surface area contributed by atoms with E-state index in [4.69, 9.17) is 10.5 Å². The van der Waals surface area contributed by atoms with Crippen LogP contribution in [0.15, 0.2) is 12.1 Å². The summed E-state index contributed by atoms with van der Waals surface area (Å²) in [6.45, 7) is 0.0696. The van der Waals surface area contributed by atoms with Gasteiger partial charge < -0.3 is 15.6 Å². The third-order valence-electron chi connectivity index (χ3n) is 2.98. The molecule has 1 saturated carbocycles. The van der Waals surface area contributed by atoms with Crippen molar-refractivity contribution in [1.82, 2.24) is 0 Å². The first-order valence-electron chi connectivity index (χ1n) is 5.64. The summed E-state index contributed by atoms with van der Waals surface area (Å²) in [7, 11) is 0. The van der Waals surface area contributed by atoms with Crippen LogP contribution in [-0.4, -0.2) is 17.3 Å². The van der Waals surface area contributed by atoms with Gasteiger partial charge in [0.25, 0.3) is 0 Å². The van der Waals surface area contributed by atoms with Crippen molar-refractivity contribution in [3.05, 3.63) is 29.3 Å². The summed E-state index contributed by atoms with van der Waals surface area (Å²) in [5.74, 6) is -1.97. The SMILES string of the molecule is NCc1cc(F)c(OC2CCCC2O)c(F)c1. The maximum absolute atomic E-state index is 13.6. The van der Waals surface area contributed by atoms with Gasteiger partial charge in [0.05, 0.1) is 6.10 Å². The second kappa shape index (κ2) is 4.98. The van der Waals surface area contributed by atoms with E-state index in [0.29, 0.717) is 18.4 Å². The fourth-order valence-electron chi connectivity index (χ4n) is 2.04. The number of aliphatic hydroxyl groups excluding tert-OH is 1. The van der Waals surface area contributed by atoms with E-state index < -0.39 is 29.6 Å². The molecule has 0 heterocycles. The van der Waals surface area contributed by atoms with Crippen molar-refractivity contribution in [3.8, 4) is 5.75 Å². The largest absolute Gasteiger partial charge is 0.482 e. The highest BCUT2D eigenvalue weighted by Gasteiger charge is 2.28. The molecule has 0 bridgehead atoms. The van der Waals surface area contributed by atoms with E-state index in [9.17, 15) is 13.9 Å². The van der Waals surface area contributed by atoms with E-state index >= 15 is 0 Å². The lowest BCUT2D eigenvalue weighted by molar-refractivity contribution is 0.0551. The maximum atomic E-state index is 13.6. The monoisotopic (exact) mass is 243 g/mol. The Hall–Kier alpha value is -1.20. The van der Waals surface area contributed by atoms with Gasteiger partial charge in [0.2, 0.25) is 0 Å². The molecule has 0 radical (unpaired) electrons. The van der Waals surface area contributed by atoms with Crippen LogP contribution >= 0.6 is 0 Å². The van der Waals surface area contributed by atoms with Gasteiger partial charge in [-0.05, 0) is 37.0 Å². The normalized spacial score (nSPS) is 24.0. The summed E-state index contributed by atoms with van der Waals surface area (Å²) in [5, 5.41) is 9.54. The Balaban J connectivity index is 2.20. The Morgan fingerprint density at radius 3 is 2.41 bits per heavy atom. The van der Waals surface area contributed by atoms with Gasteiger partial charge in [0.1, 0.15) is 6.10 Å². The Morgan fingerprint density at radius 1 is 1.29 bits per heavy atom. The van der Waals surface area contributed by atoms with Gasteiger partial charge in [-0.3, -0.25) is 0 Å². The zero-order valence-corrected chi connectivity index (χ0v) is 9.33. The van der Waals surface area contributed by atoms with Crippen molar-refractivity contribution in [3.63, 3.8) is 0 Å². The fourth-order valence-corrected chi connectivity index (χ4v) is 2.04. The molecule has 1 aromatic carbocycles. The molecule has 17 heavy (non-hydrogen) atoms. The first-order valence-corrected chi connectivity index (χ1v) is 5.64. The Kier molecular flexibility index (Phi) is 3.59. The molecule has 1 aliphatic carbocycles. The summed E-state index contributed by atoms with van der Waals surface area (Å²) < 4.78 is 32.4. The summed E-state index contributed by atoms with van der Waals surface area (Å²) >= 11 is 0. The van der Waals surface area contributed by atoms with Gasteiger partial charge in [-0.15, -0.1) is 0 Å². The van der Waals surface area contributed by atoms with Gasteiger partial charge in [-0.2, -0.15) is 0 Å². The highest BCUT2D eigenvalue weighted by atomic mass is 19.1. The number of hydrogen-bond donors (Lipinski definition) is 2. The fraction of sp³-hybridized carbons (Fsp3) is 0.500. The van der Waals surface area contributed by atoms with Crippen molar-refractivity contribution < 1.29 is 18.6 Å². The zero-order valence-electron chi connectivity index (χ0n) is 9.33. The highest BCUT2D eigenvalue weighted by Crippen LogP contribution is 2.29. The number of aliphatic hydroxyl groups is 1. The second-order valence-corrected chi connectivity index (χ2v) is 4.25. The predicted octanol–water partition coefficient (Wildman–Crippen LogP) is 1.72. The molecule has 0 spiro atoms. The molecule has 0 amide bonds. The minimum Gasteiger partial charge on any atom is -0.482 e. The maximum Gasteiger partial charge on any atom is 0.191 e. The smallest absolute Gasteiger partial charge is 0.191 e. The van der Waals surface area contributed by atoms with Crippen LogP contribution in [0.25, 0.3) is 0 Å². The molecule has 94 valence electrons. The van der Waals surface area contributed by atoms with Crippen LogP contribution in [0.4, 0.5) is 8.78 Å². The summed E-state index contributed by atoms with van der Waals surface area (Å²) in [6, 6.07) is 2.31. The number of halogens is 2. The van der Waals surface area contributed by atoms with Crippen LogP contribution in [-0.2, 0) is 6.54 Å². The predicted molar refractivity (Wildman–Crippen MR) is 58.5 cm³/mol. The second-order valence-electron chi connectivity index (χ2n) is 4.25. The number of nitrogens with two attached hydrogens (primary N) is 1. The van der Waals surface area contributed by atoms with Crippen LogP contribution in [0.3, 0.4) is 0 Å². The van der Waals surface area contributed by atoms with Gasteiger partial charge in [-0.25, -0.2) is 8.78 Å². The van der Waals surface area contributed by atoms with E-state index in [1.807, 2.05) is 0 Å². The van der Waals surface area contributed by atoms with Crippen LogP contribution in [0.2, 0.25) is 0 Å². The summed E-state index contributed by atoms with van der Waals surface area (Å²) in [4.78, 5) is 0. The standard InChI is InChI=1S/C12H15F2NO2/c13-8-4-7(6-15)5-9(14)12(8)17-11-3-1-2-10(11)16/h4-5,10-11,16H,1-3,6,15H2. The zero-order chi connectivity index (χ0) is 12.4. The van der Waals surface area contributed by atoms with Crippen LogP contribution < -0.4 is 10.5 Å². The van der Waals surface area contributed by atoms with Gasteiger partial charge >= 0.3 is 0 Å². The molecule has 2 atom stereocenters. The van der Waals surface area contributed by atoms with E-state index in [2.05, 4.69) is 0 Å². The summed E-state index contributed by atoms with van der Waals surface area (Å²) in [5.41, 5.74) is 5.68. The number of hydrogen-bond acceptors (Lipinski definition) is 3. The first kappa shape index (κ1) is 12.3. The summed E-state index contributed by atoms with van der Waals surface area (Å²) in [6.07, 6.45) is 0.842. The average Bonchev–Trinajstić information content (AvgIpc) is 2.69. The van der Waals surface area contributed by atoms with Crippen molar-refractivity contribution >= 4 is 0 Å². The lowest BCUT2D eigenvalue weighted by atomic mass is 10.2. The Labute approximate surface area is 98.2 Å². The first-order chi connectivity index (χ1) is 8.11. The molecule has 0 saturated heterocycles. The molecule has 5 heteroatoms. The van der Waals surface area contributed by atoms with E-state index in [1.54, 1.807) is 0 Å². The lowest BCUT2D eigenvalue weighted by Gasteiger charge is -2.18. The van der Waals surface area contributed by atoms with E-state index in [0.717, 1.165) is 18.6 Å². The number of rotatable bonds is 3. The molecule has 2 unspecified atom stereocenters. The highest BCUT2D eigenvalue weighted by molar-refractivity contribution is 5.31. The minimum absolute atomic E-state index is 0.0696. The van der Waals surface area contributed by atoms with E-state index in [-0.39, 0.29) is 6.54 Å². The topological polar surface area (TPSA) is 55.5 Å². The van der Waals surface area contributed by atoms with Crippen molar-refractivity contribution in [2.75, 3.05) is 0 Å². The number of ether oxygens (including phenoxy) is 1. The molecule has 2 rings (SSSR count). The van der Waals surface area contributed by atoms with Crippen LogP contribution in [0.1, 0.15) is 24.8 Å². The van der Waals surface area contributed by atoms with Gasteiger partial charge in [0.15, 0.2) is 17.4 Å². The van der Waals surface area contributed by atoms with E-state index in [1.165, 1.54) is 0 Å². The third kappa shape index (κ3) is 2.56. The van der Waals surface area contributed by atoms with Crippen molar-refractivity contribution in [1.29, 1.82) is 0 Å². The molecule has 1 aliphatic rings. The molecule has 1 aromatic rings. The van der Waals surface area contributed by atoms with Gasteiger partial charge in [0, 0.05) is 6.54 Å². The molecule has 0 aliphatic heterocycles. The molecule has 0 aromatic heterocycles. The Morgan fingerprint density at radius 2 is 1.94 bits per heavy atom. The molecular formula is C12H15F2NO2. The van der Waals surface area contributed by atoms with Crippen molar-refractivity contribution in [2.24, 2.45) is 5.73 Å². The molecular weight excluding hydrogens is 228 g/mol. The number of benzene rings is 1. The van der Waals surface area contributed by atoms with Crippen LogP contribution in [0, 0.1) is 11.6 Å². The Bertz CT molecular complexity index is 388. The third-order valence-corrected chi connectivity index (χ3v) is 2.98. The average molecular weight is 243 g/mol. The van der Waals surface area contributed by atoms with Crippen LogP contribution in [0.5, 0.6) is 5.75 Å². The van der Waals surface area contributed by atoms with Gasteiger partial charge in [-0.1, -0.05) is 0 Å². The molecule has 3 N–H and O–H groups in total. The quantitative estimate of drug-likeness (QED) is 0.849. The minimum atomic E-state index is -0.774. The molecule has 1 fully saturated rings. The molecule has 3 nitrogen and oxygen atoms in total. The van der Waals surface area contributed by atoms with Crippen molar-refractivity contribution in [2.45, 2.75) is 38.0 Å². The lowest BCUT2D eigenvalue weighted by Crippen LogP contribution is -2.26.